The Balaban J connectivity index is 2.26. The molecule has 70 valence electrons. The highest BCUT2D eigenvalue weighted by Crippen LogP contribution is 2.39. The van der Waals surface area contributed by atoms with Crippen LogP contribution < -0.4 is 0 Å². The normalized spacial score (nSPS) is 21.2. The molecule has 1 aromatic carbocycles. The maximum Gasteiger partial charge on any atom is 0.0300 e. The van der Waals surface area contributed by atoms with Gasteiger partial charge in [-0.05, 0) is 36.1 Å². The van der Waals surface area contributed by atoms with Gasteiger partial charge < -0.3 is 0 Å². The summed E-state index contributed by atoms with van der Waals surface area (Å²) in [4.78, 5) is 0. The Morgan fingerprint density at radius 2 is 2.23 bits per heavy atom. The Kier molecular flexibility index (Phi) is 2.94. The summed E-state index contributed by atoms with van der Waals surface area (Å²) in [7, 11) is 0. The van der Waals surface area contributed by atoms with E-state index in [1.54, 1.807) is 11.1 Å². The van der Waals surface area contributed by atoms with Gasteiger partial charge in [-0.3, -0.25) is 0 Å². The molecule has 0 saturated heterocycles. The Morgan fingerprint density at radius 3 is 3.08 bits per heavy atom. The predicted molar refractivity (Wildman–Crippen MR) is 60.3 cm³/mol. The lowest BCUT2D eigenvalue weighted by Gasteiger charge is -2.24. The van der Waals surface area contributed by atoms with Crippen molar-refractivity contribution in [3.63, 3.8) is 0 Å². The molecule has 1 aliphatic rings. The van der Waals surface area contributed by atoms with Crippen molar-refractivity contribution in [3.05, 3.63) is 35.4 Å². The number of hydrogen-bond acceptors (Lipinski definition) is 1. The van der Waals surface area contributed by atoms with Crippen LogP contribution in [0.5, 0.6) is 0 Å². The minimum Gasteiger partial charge on any atom is -0.154 e. The molecule has 0 bridgehead atoms. The molecule has 0 saturated carbocycles. The molecule has 1 unspecified atom stereocenters. The van der Waals surface area contributed by atoms with E-state index in [0.29, 0.717) is 0 Å². The van der Waals surface area contributed by atoms with E-state index < -0.39 is 0 Å². The maximum absolute atomic E-state index is 2.31. The topological polar surface area (TPSA) is 0 Å². The van der Waals surface area contributed by atoms with Crippen LogP contribution in [0, 0.1) is 0 Å². The molecule has 1 heteroatoms. The number of rotatable bonds is 2. The van der Waals surface area contributed by atoms with Crippen LogP contribution in [0.3, 0.4) is 0 Å². The average molecular weight is 192 g/mol. The van der Waals surface area contributed by atoms with Crippen LogP contribution in [0.25, 0.3) is 0 Å². The lowest BCUT2D eigenvalue weighted by molar-refractivity contribution is 0.674. The largest absolute Gasteiger partial charge is 0.154 e. The van der Waals surface area contributed by atoms with Crippen molar-refractivity contribution in [2.24, 2.45) is 0 Å². The molecule has 13 heavy (non-hydrogen) atoms. The highest BCUT2D eigenvalue weighted by Gasteiger charge is 2.18. The zero-order chi connectivity index (χ0) is 9.10. The standard InChI is InChI=1S/C12H16S/c1-2-13-12-9-5-7-10-6-3-4-8-11(10)12/h3-4,6,8,12H,2,5,7,9H2,1H3. The lowest BCUT2D eigenvalue weighted by Crippen LogP contribution is -2.06. The molecule has 1 atom stereocenters. The lowest BCUT2D eigenvalue weighted by atomic mass is 9.91. The summed E-state index contributed by atoms with van der Waals surface area (Å²) in [6.07, 6.45) is 4.03. The van der Waals surface area contributed by atoms with E-state index in [0.717, 1.165) is 5.25 Å². The Labute approximate surface area is 84.7 Å². The van der Waals surface area contributed by atoms with Crippen molar-refractivity contribution in [2.45, 2.75) is 31.4 Å². The molecule has 1 aliphatic carbocycles. The van der Waals surface area contributed by atoms with Crippen LogP contribution in [0.1, 0.15) is 36.1 Å². The van der Waals surface area contributed by atoms with Gasteiger partial charge in [-0.1, -0.05) is 31.2 Å². The number of fused-ring (bicyclic) bond motifs is 1. The number of benzene rings is 1. The van der Waals surface area contributed by atoms with E-state index >= 15 is 0 Å². The van der Waals surface area contributed by atoms with Crippen LogP contribution in [0.15, 0.2) is 24.3 Å². The molecule has 0 N–H and O–H groups in total. The van der Waals surface area contributed by atoms with Crippen LogP contribution in [-0.2, 0) is 6.42 Å². The van der Waals surface area contributed by atoms with Gasteiger partial charge in [0.25, 0.3) is 0 Å². The predicted octanol–water partition coefficient (Wildman–Crippen LogP) is 3.82. The first-order chi connectivity index (χ1) is 6.42. The van der Waals surface area contributed by atoms with Crippen molar-refractivity contribution < 1.29 is 0 Å². The van der Waals surface area contributed by atoms with Gasteiger partial charge in [0.1, 0.15) is 0 Å². The maximum atomic E-state index is 2.31. The fraction of sp³-hybridized carbons (Fsp3) is 0.500. The third kappa shape index (κ3) is 1.91. The van der Waals surface area contributed by atoms with E-state index in [9.17, 15) is 0 Å². The van der Waals surface area contributed by atoms with Crippen LogP contribution in [0.4, 0.5) is 0 Å². The van der Waals surface area contributed by atoms with Gasteiger partial charge in [-0.25, -0.2) is 0 Å². The quantitative estimate of drug-likeness (QED) is 0.686. The van der Waals surface area contributed by atoms with Gasteiger partial charge in [0.2, 0.25) is 0 Å². The minimum absolute atomic E-state index is 0.773. The Bertz CT molecular complexity index is 280. The third-order valence-corrected chi connectivity index (χ3v) is 3.91. The molecule has 0 heterocycles. The van der Waals surface area contributed by atoms with E-state index in [2.05, 4.69) is 43.0 Å². The van der Waals surface area contributed by atoms with Crippen LogP contribution >= 0.6 is 11.8 Å². The van der Waals surface area contributed by atoms with Crippen LogP contribution in [0.2, 0.25) is 0 Å². The summed E-state index contributed by atoms with van der Waals surface area (Å²) < 4.78 is 0. The molecule has 0 amide bonds. The van der Waals surface area contributed by atoms with Crippen molar-refractivity contribution >= 4 is 11.8 Å². The second-order valence-corrected chi connectivity index (χ2v) is 5.01. The first-order valence-electron chi connectivity index (χ1n) is 5.11. The molecule has 0 aliphatic heterocycles. The molecule has 0 aromatic heterocycles. The van der Waals surface area contributed by atoms with E-state index in [1.165, 1.54) is 25.0 Å². The second kappa shape index (κ2) is 4.19. The minimum atomic E-state index is 0.773. The SMILES string of the molecule is CCSC1CCCc2ccccc21. The van der Waals surface area contributed by atoms with Gasteiger partial charge >= 0.3 is 0 Å². The molecule has 0 spiro atoms. The third-order valence-electron chi connectivity index (χ3n) is 2.68. The molecular formula is C12H16S. The smallest absolute Gasteiger partial charge is 0.0300 e. The van der Waals surface area contributed by atoms with E-state index in [1.807, 2.05) is 0 Å². The van der Waals surface area contributed by atoms with E-state index in [4.69, 9.17) is 0 Å². The highest BCUT2D eigenvalue weighted by atomic mass is 32.2. The van der Waals surface area contributed by atoms with Crippen molar-refractivity contribution in [3.8, 4) is 0 Å². The number of thioether (sulfide) groups is 1. The van der Waals surface area contributed by atoms with E-state index in [-0.39, 0.29) is 0 Å². The Hall–Kier alpha value is -0.430. The fourth-order valence-electron chi connectivity index (χ4n) is 2.08. The summed E-state index contributed by atoms with van der Waals surface area (Å²) in [5, 5.41) is 0.773. The first-order valence-corrected chi connectivity index (χ1v) is 6.16. The van der Waals surface area contributed by atoms with Gasteiger partial charge in [0.15, 0.2) is 0 Å². The van der Waals surface area contributed by atoms with Crippen molar-refractivity contribution in [1.82, 2.24) is 0 Å². The molecule has 0 fully saturated rings. The highest BCUT2D eigenvalue weighted by molar-refractivity contribution is 7.99. The van der Waals surface area contributed by atoms with Crippen LogP contribution in [-0.4, -0.2) is 5.75 Å². The second-order valence-electron chi connectivity index (χ2n) is 3.54. The van der Waals surface area contributed by atoms with Crippen molar-refractivity contribution in [2.75, 3.05) is 5.75 Å². The fourth-order valence-corrected chi connectivity index (χ4v) is 3.23. The molecule has 1 aromatic rings. The van der Waals surface area contributed by atoms with Gasteiger partial charge in [0, 0.05) is 5.25 Å². The molecule has 0 nitrogen and oxygen atoms in total. The van der Waals surface area contributed by atoms with Crippen molar-refractivity contribution in [1.29, 1.82) is 0 Å². The molecule has 0 radical (unpaired) electrons. The zero-order valence-corrected chi connectivity index (χ0v) is 8.94. The van der Waals surface area contributed by atoms with Gasteiger partial charge in [0.05, 0.1) is 0 Å². The number of hydrogen-bond donors (Lipinski definition) is 0. The summed E-state index contributed by atoms with van der Waals surface area (Å²) in [6.45, 7) is 2.25. The number of aryl methyl sites for hydroxylation is 1. The average Bonchev–Trinajstić information content (AvgIpc) is 2.19. The first kappa shape index (κ1) is 9.14. The zero-order valence-electron chi connectivity index (χ0n) is 8.12. The molecule has 2 rings (SSSR count). The summed E-state index contributed by atoms with van der Waals surface area (Å²) in [5.41, 5.74) is 3.18. The van der Waals surface area contributed by atoms with Gasteiger partial charge in [-0.15, -0.1) is 0 Å². The monoisotopic (exact) mass is 192 g/mol. The summed E-state index contributed by atoms with van der Waals surface area (Å²) >= 11 is 2.09. The van der Waals surface area contributed by atoms with Gasteiger partial charge in [-0.2, -0.15) is 11.8 Å². The summed E-state index contributed by atoms with van der Waals surface area (Å²) in [5.74, 6) is 1.24. The Morgan fingerprint density at radius 1 is 1.38 bits per heavy atom. The molecular weight excluding hydrogens is 176 g/mol. The summed E-state index contributed by atoms with van der Waals surface area (Å²) in [6, 6.07) is 8.94.